The summed E-state index contributed by atoms with van der Waals surface area (Å²) >= 11 is 0. The molecule has 5 nitrogen and oxygen atoms in total. The van der Waals surface area contributed by atoms with Crippen molar-refractivity contribution in [3.8, 4) is 5.88 Å². The molecule has 0 fully saturated rings. The maximum atomic E-state index is 6.09. The van der Waals surface area contributed by atoms with Gasteiger partial charge >= 0.3 is 0 Å². The number of hydrogen-bond donors (Lipinski definition) is 1. The summed E-state index contributed by atoms with van der Waals surface area (Å²) in [6.45, 7) is 5.24. The molecule has 1 aromatic heterocycles. The lowest BCUT2D eigenvalue weighted by atomic mass is 10.2. The molecule has 100 valence electrons. The summed E-state index contributed by atoms with van der Waals surface area (Å²) in [7, 11) is 0. The Morgan fingerprint density at radius 3 is 2.53 bits per heavy atom. The number of nitrogens with zero attached hydrogens (tertiary/aromatic N) is 3. The van der Waals surface area contributed by atoms with Crippen LogP contribution >= 0.6 is 0 Å². The van der Waals surface area contributed by atoms with Gasteiger partial charge in [-0.25, -0.2) is 4.98 Å². The minimum absolute atomic E-state index is 0.432. The molecule has 2 N–H and O–H groups in total. The van der Waals surface area contributed by atoms with Gasteiger partial charge in [0.15, 0.2) is 5.82 Å². The lowest BCUT2D eigenvalue weighted by Crippen LogP contribution is -2.19. The molecule has 0 unspecified atom stereocenters. The second-order valence-electron chi connectivity index (χ2n) is 3.93. The van der Waals surface area contributed by atoms with Crippen molar-refractivity contribution in [2.45, 2.75) is 13.8 Å². The maximum Gasteiger partial charge on any atom is 0.242 e. The van der Waals surface area contributed by atoms with Gasteiger partial charge in [-0.1, -0.05) is 18.2 Å². The van der Waals surface area contributed by atoms with E-state index in [1.54, 1.807) is 0 Å². The fourth-order valence-corrected chi connectivity index (χ4v) is 1.90. The normalized spacial score (nSPS) is 10.2. The zero-order valence-electron chi connectivity index (χ0n) is 11.2. The van der Waals surface area contributed by atoms with E-state index in [4.69, 9.17) is 10.5 Å². The molecule has 0 aliphatic carbocycles. The van der Waals surface area contributed by atoms with Crippen molar-refractivity contribution in [2.24, 2.45) is 0 Å². The zero-order valence-corrected chi connectivity index (χ0v) is 11.2. The number of para-hydroxylation sites is 1. The van der Waals surface area contributed by atoms with E-state index in [1.165, 1.54) is 6.33 Å². The summed E-state index contributed by atoms with van der Waals surface area (Å²) in [5.74, 6) is 1.11. The number of ether oxygens (including phenoxy) is 1. The topological polar surface area (TPSA) is 64.3 Å². The van der Waals surface area contributed by atoms with E-state index in [1.807, 2.05) is 42.2 Å². The Morgan fingerprint density at radius 2 is 1.89 bits per heavy atom. The van der Waals surface area contributed by atoms with Crippen LogP contribution in [0.5, 0.6) is 5.88 Å². The van der Waals surface area contributed by atoms with Crippen molar-refractivity contribution in [2.75, 3.05) is 23.8 Å². The molecule has 0 saturated heterocycles. The Hall–Kier alpha value is -2.30. The van der Waals surface area contributed by atoms with Gasteiger partial charge in [0, 0.05) is 12.2 Å². The quantitative estimate of drug-likeness (QED) is 0.893. The molecule has 19 heavy (non-hydrogen) atoms. The van der Waals surface area contributed by atoms with Crippen LogP contribution in [-0.2, 0) is 0 Å². The molecule has 0 bridgehead atoms. The monoisotopic (exact) mass is 258 g/mol. The van der Waals surface area contributed by atoms with Crippen LogP contribution in [0.3, 0.4) is 0 Å². The number of nitrogen functional groups attached to an aromatic ring is 1. The SMILES string of the molecule is CCOc1ncnc(N(CC)c2ccccc2)c1N. The first-order valence-corrected chi connectivity index (χ1v) is 6.33. The number of benzene rings is 1. The zero-order chi connectivity index (χ0) is 13.7. The van der Waals surface area contributed by atoms with Gasteiger partial charge in [0.25, 0.3) is 0 Å². The minimum atomic E-state index is 0.432. The largest absolute Gasteiger partial charge is 0.476 e. The van der Waals surface area contributed by atoms with Gasteiger partial charge in [0.2, 0.25) is 5.88 Å². The van der Waals surface area contributed by atoms with Gasteiger partial charge in [-0.15, -0.1) is 0 Å². The van der Waals surface area contributed by atoms with E-state index in [9.17, 15) is 0 Å². The van der Waals surface area contributed by atoms with Crippen LogP contribution in [0.1, 0.15) is 13.8 Å². The van der Waals surface area contributed by atoms with Crippen molar-refractivity contribution in [3.05, 3.63) is 36.7 Å². The highest BCUT2D eigenvalue weighted by Crippen LogP contribution is 2.32. The number of nitrogens with two attached hydrogens (primary N) is 1. The molecular formula is C14H18N4O. The second-order valence-corrected chi connectivity index (χ2v) is 3.93. The van der Waals surface area contributed by atoms with Crippen molar-refractivity contribution >= 4 is 17.2 Å². The molecule has 0 aliphatic rings. The summed E-state index contributed by atoms with van der Waals surface area (Å²) in [4.78, 5) is 10.4. The number of rotatable bonds is 5. The van der Waals surface area contributed by atoms with E-state index in [2.05, 4.69) is 16.9 Å². The van der Waals surface area contributed by atoms with Crippen LogP contribution in [0, 0.1) is 0 Å². The molecular weight excluding hydrogens is 240 g/mol. The summed E-state index contributed by atoms with van der Waals surface area (Å²) in [5, 5.41) is 0. The van der Waals surface area contributed by atoms with Crippen LogP contribution in [0.4, 0.5) is 17.2 Å². The highest BCUT2D eigenvalue weighted by atomic mass is 16.5. The van der Waals surface area contributed by atoms with Crippen LogP contribution in [0.2, 0.25) is 0 Å². The summed E-state index contributed by atoms with van der Waals surface area (Å²) in [6, 6.07) is 9.99. The number of anilines is 3. The maximum absolute atomic E-state index is 6.09. The fourth-order valence-electron chi connectivity index (χ4n) is 1.90. The third-order valence-corrected chi connectivity index (χ3v) is 2.75. The highest BCUT2D eigenvalue weighted by Gasteiger charge is 2.15. The number of hydrogen-bond acceptors (Lipinski definition) is 5. The Morgan fingerprint density at radius 1 is 1.16 bits per heavy atom. The Labute approximate surface area is 113 Å². The fraction of sp³-hybridized carbons (Fsp3) is 0.286. The van der Waals surface area contributed by atoms with E-state index in [0.29, 0.717) is 24.0 Å². The van der Waals surface area contributed by atoms with Crippen LogP contribution < -0.4 is 15.4 Å². The van der Waals surface area contributed by atoms with Gasteiger partial charge in [0.05, 0.1) is 6.61 Å². The molecule has 0 radical (unpaired) electrons. The van der Waals surface area contributed by atoms with Crippen LogP contribution in [-0.4, -0.2) is 23.1 Å². The van der Waals surface area contributed by atoms with Gasteiger partial charge in [-0.2, -0.15) is 4.98 Å². The van der Waals surface area contributed by atoms with Gasteiger partial charge in [-0.05, 0) is 26.0 Å². The molecule has 0 amide bonds. The average Bonchev–Trinajstić information content (AvgIpc) is 2.45. The molecule has 1 heterocycles. The van der Waals surface area contributed by atoms with E-state index >= 15 is 0 Å². The smallest absolute Gasteiger partial charge is 0.242 e. The van der Waals surface area contributed by atoms with Crippen LogP contribution in [0.15, 0.2) is 36.7 Å². The molecule has 0 saturated carbocycles. The molecule has 0 aliphatic heterocycles. The van der Waals surface area contributed by atoms with E-state index < -0.39 is 0 Å². The van der Waals surface area contributed by atoms with Gasteiger partial charge in [-0.3, -0.25) is 0 Å². The first kappa shape index (κ1) is 13.1. The average molecular weight is 258 g/mol. The predicted molar refractivity (Wildman–Crippen MR) is 76.7 cm³/mol. The minimum Gasteiger partial charge on any atom is -0.476 e. The molecule has 1 aromatic carbocycles. The Kier molecular flexibility index (Phi) is 4.18. The standard InChI is InChI=1S/C14H18N4O/c1-3-18(11-8-6-5-7-9-11)13-12(15)14(19-4-2)17-10-16-13/h5-10H,3-4,15H2,1-2H3. The first-order valence-electron chi connectivity index (χ1n) is 6.33. The van der Waals surface area contributed by atoms with Gasteiger partial charge < -0.3 is 15.4 Å². The molecule has 0 spiro atoms. The van der Waals surface area contributed by atoms with Crippen LogP contribution in [0.25, 0.3) is 0 Å². The molecule has 2 rings (SSSR count). The lowest BCUT2D eigenvalue weighted by Gasteiger charge is -2.23. The van der Waals surface area contributed by atoms with Crippen molar-refractivity contribution in [1.82, 2.24) is 9.97 Å². The van der Waals surface area contributed by atoms with Crippen molar-refractivity contribution in [3.63, 3.8) is 0 Å². The summed E-state index contributed by atoms with van der Waals surface area (Å²) in [6.07, 6.45) is 1.47. The van der Waals surface area contributed by atoms with E-state index in [-0.39, 0.29) is 0 Å². The first-order chi connectivity index (χ1) is 9.27. The lowest BCUT2D eigenvalue weighted by molar-refractivity contribution is 0.328. The Bertz CT molecular complexity index is 530. The Balaban J connectivity index is 2.42. The molecule has 2 aromatic rings. The highest BCUT2D eigenvalue weighted by molar-refractivity contribution is 5.74. The van der Waals surface area contributed by atoms with Crippen molar-refractivity contribution in [1.29, 1.82) is 0 Å². The third-order valence-electron chi connectivity index (χ3n) is 2.75. The second kappa shape index (κ2) is 6.04. The molecule has 0 atom stereocenters. The summed E-state index contributed by atoms with van der Waals surface area (Å²) in [5.41, 5.74) is 7.60. The predicted octanol–water partition coefficient (Wildman–Crippen LogP) is 2.62. The van der Waals surface area contributed by atoms with Gasteiger partial charge in [0.1, 0.15) is 12.0 Å². The third kappa shape index (κ3) is 2.76. The van der Waals surface area contributed by atoms with Crippen molar-refractivity contribution < 1.29 is 4.74 Å². The van der Waals surface area contributed by atoms with E-state index in [0.717, 1.165) is 12.2 Å². The summed E-state index contributed by atoms with van der Waals surface area (Å²) < 4.78 is 5.41. The number of aromatic nitrogens is 2. The molecule has 5 heteroatoms.